The second-order valence-electron chi connectivity index (χ2n) is 5.80. The van der Waals surface area contributed by atoms with E-state index in [9.17, 15) is 22.0 Å². The van der Waals surface area contributed by atoms with E-state index in [1.807, 2.05) is 0 Å². The van der Waals surface area contributed by atoms with Crippen LogP contribution in [0.2, 0.25) is 0 Å². The van der Waals surface area contributed by atoms with Gasteiger partial charge in [-0.25, -0.2) is 21.9 Å². The summed E-state index contributed by atoms with van der Waals surface area (Å²) in [6.07, 6.45) is 2.76. The zero-order valence-electron chi connectivity index (χ0n) is 14.9. The number of benzene rings is 2. The van der Waals surface area contributed by atoms with Crippen molar-refractivity contribution in [3.8, 4) is 0 Å². The summed E-state index contributed by atoms with van der Waals surface area (Å²) in [4.78, 5) is 12.1. The maximum Gasteiger partial charge on any atom is 0.244 e. The molecule has 27 heavy (non-hydrogen) atoms. The Bertz CT molecular complexity index is 942. The van der Waals surface area contributed by atoms with E-state index in [1.165, 1.54) is 30.4 Å². The van der Waals surface area contributed by atoms with Crippen LogP contribution in [0.5, 0.6) is 0 Å². The van der Waals surface area contributed by atoms with Gasteiger partial charge in [0.2, 0.25) is 15.9 Å². The predicted molar refractivity (Wildman–Crippen MR) is 99.3 cm³/mol. The van der Waals surface area contributed by atoms with Gasteiger partial charge >= 0.3 is 0 Å². The second-order valence-corrected chi connectivity index (χ2v) is 7.57. The molecule has 2 aromatic carbocycles. The van der Waals surface area contributed by atoms with E-state index >= 15 is 0 Å². The van der Waals surface area contributed by atoms with Crippen LogP contribution in [0, 0.1) is 11.6 Å². The SMILES string of the molecule is CCNS(=O)(=O)c1ccc(/C=C/C(=O)NC(C)c2ccc(F)cc2F)cc1. The number of carbonyl (C=O) groups excluding carboxylic acids is 1. The summed E-state index contributed by atoms with van der Waals surface area (Å²) in [5, 5.41) is 2.59. The first-order chi connectivity index (χ1) is 12.7. The molecule has 5 nitrogen and oxygen atoms in total. The molecule has 0 radical (unpaired) electrons. The molecule has 1 atom stereocenters. The Kier molecular flexibility index (Phi) is 6.81. The number of carbonyl (C=O) groups is 1. The monoisotopic (exact) mass is 394 g/mol. The maximum absolute atomic E-state index is 13.7. The molecule has 0 heterocycles. The number of sulfonamides is 1. The highest BCUT2D eigenvalue weighted by molar-refractivity contribution is 7.89. The van der Waals surface area contributed by atoms with Crippen LogP contribution in [0.3, 0.4) is 0 Å². The Morgan fingerprint density at radius 1 is 1.15 bits per heavy atom. The first-order valence-corrected chi connectivity index (χ1v) is 9.74. The average Bonchev–Trinajstić information content (AvgIpc) is 2.60. The van der Waals surface area contributed by atoms with Crippen molar-refractivity contribution in [1.82, 2.24) is 10.0 Å². The van der Waals surface area contributed by atoms with E-state index in [4.69, 9.17) is 0 Å². The average molecular weight is 394 g/mol. The smallest absolute Gasteiger partial charge is 0.244 e. The van der Waals surface area contributed by atoms with E-state index in [0.717, 1.165) is 12.1 Å². The van der Waals surface area contributed by atoms with Gasteiger partial charge in [-0.3, -0.25) is 4.79 Å². The molecule has 1 unspecified atom stereocenters. The van der Waals surface area contributed by atoms with Crippen LogP contribution in [0.4, 0.5) is 8.78 Å². The minimum atomic E-state index is -3.53. The molecule has 0 aliphatic rings. The third kappa shape index (κ3) is 5.70. The van der Waals surface area contributed by atoms with Gasteiger partial charge in [-0.2, -0.15) is 0 Å². The lowest BCUT2D eigenvalue weighted by Crippen LogP contribution is -2.25. The first kappa shape index (κ1) is 20.7. The summed E-state index contributed by atoms with van der Waals surface area (Å²) in [5.74, 6) is -1.88. The molecule has 2 N–H and O–H groups in total. The highest BCUT2D eigenvalue weighted by atomic mass is 32.2. The minimum absolute atomic E-state index is 0.131. The van der Waals surface area contributed by atoms with E-state index in [2.05, 4.69) is 10.0 Å². The molecule has 0 saturated heterocycles. The summed E-state index contributed by atoms with van der Waals surface area (Å²) < 4.78 is 52.8. The molecular formula is C19H20F2N2O3S. The number of hydrogen-bond acceptors (Lipinski definition) is 3. The third-order valence-corrected chi connectivity index (χ3v) is 5.30. The van der Waals surface area contributed by atoms with Gasteiger partial charge in [-0.05, 0) is 36.8 Å². The molecule has 0 aliphatic carbocycles. The van der Waals surface area contributed by atoms with E-state index in [-0.39, 0.29) is 17.0 Å². The number of nitrogens with one attached hydrogen (secondary N) is 2. The molecule has 2 rings (SSSR count). The molecule has 0 bridgehead atoms. The molecule has 0 aromatic heterocycles. The van der Waals surface area contributed by atoms with Gasteiger partial charge in [-0.15, -0.1) is 0 Å². The Morgan fingerprint density at radius 2 is 1.81 bits per heavy atom. The summed E-state index contributed by atoms with van der Waals surface area (Å²) in [5.41, 5.74) is 0.803. The van der Waals surface area contributed by atoms with Crippen LogP contribution < -0.4 is 10.0 Å². The van der Waals surface area contributed by atoms with Gasteiger partial charge < -0.3 is 5.32 Å². The molecular weight excluding hydrogens is 374 g/mol. The predicted octanol–water partition coefficient (Wildman–Crippen LogP) is 3.15. The Balaban J connectivity index is 2.02. The quantitative estimate of drug-likeness (QED) is 0.709. The van der Waals surface area contributed by atoms with Crippen LogP contribution in [0.25, 0.3) is 6.08 Å². The number of amides is 1. The van der Waals surface area contributed by atoms with Gasteiger partial charge in [0.15, 0.2) is 0 Å². The normalized spacial score (nSPS) is 12.9. The van der Waals surface area contributed by atoms with Gasteiger partial charge in [0.1, 0.15) is 11.6 Å². The molecule has 2 aromatic rings. The topological polar surface area (TPSA) is 75.3 Å². The lowest BCUT2D eigenvalue weighted by Gasteiger charge is -2.13. The highest BCUT2D eigenvalue weighted by Crippen LogP contribution is 2.18. The molecule has 0 saturated carbocycles. The third-order valence-electron chi connectivity index (χ3n) is 3.74. The molecule has 0 fully saturated rings. The van der Waals surface area contributed by atoms with Crippen molar-refractivity contribution >= 4 is 22.0 Å². The number of rotatable bonds is 7. The fraction of sp³-hybridized carbons (Fsp3) is 0.211. The lowest BCUT2D eigenvalue weighted by atomic mass is 10.1. The van der Waals surface area contributed by atoms with Crippen molar-refractivity contribution in [3.63, 3.8) is 0 Å². The molecule has 0 spiro atoms. The zero-order valence-corrected chi connectivity index (χ0v) is 15.7. The van der Waals surface area contributed by atoms with Crippen LogP contribution in [0.15, 0.2) is 53.4 Å². The molecule has 1 amide bonds. The van der Waals surface area contributed by atoms with Crippen molar-refractivity contribution in [2.75, 3.05) is 6.54 Å². The van der Waals surface area contributed by atoms with Crippen molar-refractivity contribution < 1.29 is 22.0 Å². The Morgan fingerprint density at radius 3 is 2.41 bits per heavy atom. The van der Waals surface area contributed by atoms with E-state index in [1.54, 1.807) is 26.0 Å². The molecule has 144 valence electrons. The Labute approximate surface area is 157 Å². The van der Waals surface area contributed by atoms with Crippen LogP contribution >= 0.6 is 0 Å². The summed E-state index contributed by atoms with van der Waals surface area (Å²) >= 11 is 0. The van der Waals surface area contributed by atoms with E-state index < -0.39 is 33.6 Å². The fourth-order valence-corrected chi connectivity index (χ4v) is 3.44. The first-order valence-electron chi connectivity index (χ1n) is 8.26. The molecule has 8 heteroatoms. The van der Waals surface area contributed by atoms with Crippen LogP contribution in [0.1, 0.15) is 31.0 Å². The van der Waals surface area contributed by atoms with Crippen molar-refractivity contribution in [1.29, 1.82) is 0 Å². The van der Waals surface area contributed by atoms with Gasteiger partial charge in [0.25, 0.3) is 0 Å². The highest BCUT2D eigenvalue weighted by Gasteiger charge is 2.13. The Hall–Kier alpha value is -2.58. The number of hydrogen-bond donors (Lipinski definition) is 2. The van der Waals surface area contributed by atoms with Crippen LogP contribution in [-0.4, -0.2) is 20.9 Å². The largest absolute Gasteiger partial charge is 0.346 e. The van der Waals surface area contributed by atoms with E-state index in [0.29, 0.717) is 5.56 Å². The number of halogens is 2. The molecule has 0 aliphatic heterocycles. The zero-order chi connectivity index (χ0) is 20.0. The van der Waals surface area contributed by atoms with Crippen molar-refractivity contribution in [2.24, 2.45) is 0 Å². The lowest BCUT2D eigenvalue weighted by molar-refractivity contribution is -0.117. The van der Waals surface area contributed by atoms with Crippen molar-refractivity contribution in [2.45, 2.75) is 24.8 Å². The summed E-state index contributed by atoms with van der Waals surface area (Å²) in [7, 11) is -3.53. The summed E-state index contributed by atoms with van der Waals surface area (Å²) in [6, 6.07) is 8.53. The standard InChI is InChI=1S/C19H20F2N2O3S/c1-3-22-27(25,26)16-8-4-14(5-9-16)6-11-19(24)23-13(2)17-10-7-15(20)12-18(17)21/h4-13,22H,3H2,1-2H3,(H,23,24)/b11-6+. The van der Waals surface area contributed by atoms with Gasteiger partial charge in [0.05, 0.1) is 10.9 Å². The minimum Gasteiger partial charge on any atom is -0.346 e. The van der Waals surface area contributed by atoms with Gasteiger partial charge in [-0.1, -0.05) is 25.1 Å². The van der Waals surface area contributed by atoms with Gasteiger partial charge in [0, 0.05) is 24.3 Å². The second kappa shape index (κ2) is 8.88. The fourth-order valence-electron chi connectivity index (χ4n) is 2.40. The van der Waals surface area contributed by atoms with Crippen LogP contribution in [-0.2, 0) is 14.8 Å². The maximum atomic E-state index is 13.7. The summed E-state index contributed by atoms with van der Waals surface area (Å²) in [6.45, 7) is 3.56. The van der Waals surface area contributed by atoms with Crippen molar-refractivity contribution in [3.05, 3.63) is 71.3 Å².